The first-order valence-electron chi connectivity index (χ1n) is 9.44. The van der Waals surface area contributed by atoms with E-state index in [-0.39, 0.29) is 23.6 Å². The van der Waals surface area contributed by atoms with Crippen LogP contribution in [0.15, 0.2) is 35.1 Å². The minimum absolute atomic E-state index is 0.0115. The number of carbonyl (C=O) groups is 1. The summed E-state index contributed by atoms with van der Waals surface area (Å²) < 4.78 is 26.3. The van der Waals surface area contributed by atoms with Gasteiger partial charge in [-0.25, -0.2) is 8.78 Å². The average Bonchev–Trinajstić information content (AvgIpc) is 2.68. The summed E-state index contributed by atoms with van der Waals surface area (Å²) in [7, 11) is 0. The zero-order valence-electron chi connectivity index (χ0n) is 16.2. The second-order valence-electron chi connectivity index (χ2n) is 7.48. The SMILES string of the molecule is Cc1ccc2c(=O)c3c([nH]c2c1C)CCN(CC(=O)Nc1ccc(F)c(F)c1)C3. The van der Waals surface area contributed by atoms with Crippen molar-refractivity contribution in [1.82, 2.24) is 9.88 Å². The maximum absolute atomic E-state index is 13.3. The molecule has 1 aromatic heterocycles. The molecule has 3 aromatic rings. The first-order valence-corrected chi connectivity index (χ1v) is 9.44. The molecular weight excluding hydrogens is 376 g/mol. The number of benzene rings is 2. The molecule has 2 heterocycles. The van der Waals surface area contributed by atoms with Crippen molar-refractivity contribution in [3.63, 3.8) is 0 Å². The summed E-state index contributed by atoms with van der Waals surface area (Å²) in [5.74, 6) is -2.32. The van der Waals surface area contributed by atoms with Gasteiger partial charge in [0.05, 0.1) is 12.1 Å². The van der Waals surface area contributed by atoms with E-state index in [0.717, 1.165) is 34.5 Å². The Kier molecular flexibility index (Phi) is 4.92. The van der Waals surface area contributed by atoms with Crippen LogP contribution in [-0.2, 0) is 17.8 Å². The molecule has 0 aliphatic carbocycles. The monoisotopic (exact) mass is 397 g/mol. The van der Waals surface area contributed by atoms with Gasteiger partial charge in [0.1, 0.15) is 0 Å². The molecule has 0 fully saturated rings. The van der Waals surface area contributed by atoms with Crippen LogP contribution in [0.3, 0.4) is 0 Å². The van der Waals surface area contributed by atoms with E-state index < -0.39 is 11.6 Å². The lowest BCUT2D eigenvalue weighted by atomic mass is 9.99. The average molecular weight is 397 g/mol. The van der Waals surface area contributed by atoms with Gasteiger partial charge in [0.15, 0.2) is 17.1 Å². The number of anilines is 1. The fourth-order valence-electron chi connectivity index (χ4n) is 3.76. The van der Waals surface area contributed by atoms with Crippen LogP contribution < -0.4 is 10.7 Å². The van der Waals surface area contributed by atoms with Gasteiger partial charge in [-0.15, -0.1) is 0 Å². The minimum atomic E-state index is -1.02. The highest BCUT2D eigenvalue weighted by Crippen LogP contribution is 2.22. The number of amides is 1. The highest BCUT2D eigenvalue weighted by Gasteiger charge is 2.23. The van der Waals surface area contributed by atoms with Gasteiger partial charge in [-0.3, -0.25) is 14.5 Å². The van der Waals surface area contributed by atoms with Crippen LogP contribution >= 0.6 is 0 Å². The van der Waals surface area contributed by atoms with E-state index in [0.29, 0.717) is 30.5 Å². The number of carbonyl (C=O) groups excluding carboxylic acids is 1. The molecule has 0 saturated carbocycles. The Morgan fingerprint density at radius 1 is 1.17 bits per heavy atom. The van der Waals surface area contributed by atoms with Crippen molar-refractivity contribution in [2.75, 3.05) is 18.4 Å². The lowest BCUT2D eigenvalue weighted by Gasteiger charge is -2.28. The number of aromatic amines is 1. The van der Waals surface area contributed by atoms with Crippen LogP contribution in [0.5, 0.6) is 0 Å². The summed E-state index contributed by atoms with van der Waals surface area (Å²) in [5.41, 5.74) is 4.83. The Balaban J connectivity index is 1.53. The van der Waals surface area contributed by atoms with Crippen molar-refractivity contribution in [2.24, 2.45) is 0 Å². The summed E-state index contributed by atoms with van der Waals surface area (Å²) >= 11 is 0. The standard InChI is InChI=1S/C22H21F2N3O2/c1-12-3-5-15-21(13(12)2)26-19-7-8-27(10-16(19)22(15)29)11-20(28)25-14-4-6-17(23)18(24)9-14/h3-6,9H,7-8,10-11H2,1-2H3,(H,25,28)(H,26,29). The molecular formula is C22H21F2N3O2. The number of nitrogens with zero attached hydrogens (tertiary/aromatic N) is 1. The van der Waals surface area contributed by atoms with Crippen molar-refractivity contribution in [1.29, 1.82) is 0 Å². The third kappa shape index (κ3) is 3.65. The van der Waals surface area contributed by atoms with Crippen molar-refractivity contribution >= 4 is 22.5 Å². The van der Waals surface area contributed by atoms with E-state index in [1.54, 1.807) is 0 Å². The third-order valence-electron chi connectivity index (χ3n) is 5.53. The molecule has 2 N–H and O–H groups in total. The largest absolute Gasteiger partial charge is 0.358 e. The number of halogens is 2. The summed E-state index contributed by atoms with van der Waals surface area (Å²) in [4.78, 5) is 30.6. The van der Waals surface area contributed by atoms with Gasteiger partial charge in [-0.1, -0.05) is 6.07 Å². The first-order chi connectivity index (χ1) is 13.8. The predicted molar refractivity (Wildman–Crippen MR) is 108 cm³/mol. The number of aryl methyl sites for hydroxylation is 2. The van der Waals surface area contributed by atoms with Crippen LogP contribution in [0.1, 0.15) is 22.4 Å². The quantitative estimate of drug-likeness (QED) is 0.712. The van der Waals surface area contributed by atoms with Crippen LogP contribution in [0, 0.1) is 25.5 Å². The Morgan fingerprint density at radius 2 is 1.97 bits per heavy atom. The molecule has 150 valence electrons. The zero-order chi connectivity index (χ0) is 20.7. The Hall–Kier alpha value is -3.06. The van der Waals surface area contributed by atoms with Gasteiger partial charge in [0.2, 0.25) is 5.91 Å². The van der Waals surface area contributed by atoms with Crippen LogP contribution in [0.25, 0.3) is 10.9 Å². The topological polar surface area (TPSA) is 65.2 Å². The predicted octanol–water partition coefficient (Wildman–Crippen LogP) is 3.42. The first kappa shape index (κ1) is 19.3. The lowest BCUT2D eigenvalue weighted by molar-refractivity contribution is -0.117. The number of fused-ring (bicyclic) bond motifs is 2. The molecule has 29 heavy (non-hydrogen) atoms. The van der Waals surface area contributed by atoms with Crippen molar-refractivity contribution in [3.05, 3.63) is 74.6 Å². The number of nitrogens with one attached hydrogen (secondary N) is 2. The molecule has 5 nitrogen and oxygen atoms in total. The van der Waals surface area contributed by atoms with Crippen LogP contribution in [-0.4, -0.2) is 28.9 Å². The molecule has 0 radical (unpaired) electrons. The van der Waals surface area contributed by atoms with Crippen LogP contribution in [0.4, 0.5) is 14.5 Å². The van der Waals surface area contributed by atoms with E-state index in [4.69, 9.17) is 0 Å². The maximum Gasteiger partial charge on any atom is 0.238 e. The Bertz CT molecular complexity index is 1190. The molecule has 2 aromatic carbocycles. The molecule has 1 aliphatic rings. The van der Waals surface area contributed by atoms with Gasteiger partial charge < -0.3 is 10.3 Å². The number of rotatable bonds is 3. The molecule has 0 bridgehead atoms. The molecule has 0 saturated heterocycles. The smallest absolute Gasteiger partial charge is 0.238 e. The molecule has 7 heteroatoms. The van der Waals surface area contributed by atoms with E-state index >= 15 is 0 Å². The second-order valence-corrected chi connectivity index (χ2v) is 7.48. The summed E-state index contributed by atoms with van der Waals surface area (Å²) in [6.07, 6.45) is 0.631. The molecule has 4 rings (SSSR count). The third-order valence-corrected chi connectivity index (χ3v) is 5.53. The highest BCUT2D eigenvalue weighted by molar-refractivity contribution is 5.92. The molecule has 1 amide bonds. The maximum atomic E-state index is 13.3. The normalized spacial score (nSPS) is 14.1. The van der Waals surface area contributed by atoms with Crippen molar-refractivity contribution in [2.45, 2.75) is 26.8 Å². The van der Waals surface area contributed by atoms with Gasteiger partial charge in [0.25, 0.3) is 0 Å². The lowest BCUT2D eigenvalue weighted by Crippen LogP contribution is -2.39. The van der Waals surface area contributed by atoms with Crippen molar-refractivity contribution in [3.8, 4) is 0 Å². The Labute approximate surface area is 166 Å². The molecule has 1 aliphatic heterocycles. The summed E-state index contributed by atoms with van der Waals surface area (Å²) in [5, 5.41) is 3.22. The van der Waals surface area contributed by atoms with E-state index in [1.165, 1.54) is 6.07 Å². The second kappa shape index (κ2) is 7.40. The fourth-order valence-corrected chi connectivity index (χ4v) is 3.76. The highest BCUT2D eigenvalue weighted by atomic mass is 19.2. The number of aromatic nitrogens is 1. The van der Waals surface area contributed by atoms with Crippen molar-refractivity contribution < 1.29 is 13.6 Å². The zero-order valence-corrected chi connectivity index (χ0v) is 16.2. The fraction of sp³-hybridized carbons (Fsp3) is 0.273. The van der Waals surface area contributed by atoms with Gasteiger partial charge in [-0.05, 0) is 43.2 Å². The summed E-state index contributed by atoms with van der Waals surface area (Å²) in [6, 6.07) is 7.00. The molecule has 0 spiro atoms. The van der Waals surface area contributed by atoms with Gasteiger partial charge in [0, 0.05) is 47.9 Å². The van der Waals surface area contributed by atoms with Gasteiger partial charge >= 0.3 is 0 Å². The van der Waals surface area contributed by atoms with E-state index in [9.17, 15) is 18.4 Å². The van der Waals surface area contributed by atoms with Crippen LogP contribution in [0.2, 0.25) is 0 Å². The van der Waals surface area contributed by atoms with E-state index in [1.807, 2.05) is 30.9 Å². The molecule has 0 atom stereocenters. The molecule has 0 unspecified atom stereocenters. The Morgan fingerprint density at radius 3 is 2.72 bits per heavy atom. The minimum Gasteiger partial charge on any atom is -0.358 e. The number of hydrogen-bond acceptors (Lipinski definition) is 3. The summed E-state index contributed by atoms with van der Waals surface area (Å²) in [6.45, 7) is 5.05. The van der Waals surface area contributed by atoms with E-state index in [2.05, 4.69) is 10.3 Å². The number of pyridine rings is 1. The number of hydrogen-bond donors (Lipinski definition) is 2. The number of H-pyrrole nitrogens is 1. The van der Waals surface area contributed by atoms with Gasteiger partial charge in [-0.2, -0.15) is 0 Å².